The first kappa shape index (κ1) is 14.0. The molecule has 0 aliphatic carbocycles. The Morgan fingerprint density at radius 3 is 2.90 bits per heavy atom. The van der Waals surface area contributed by atoms with Crippen LogP contribution in [0.25, 0.3) is 0 Å². The van der Waals surface area contributed by atoms with Crippen molar-refractivity contribution in [3.05, 3.63) is 39.4 Å². The van der Waals surface area contributed by atoms with E-state index < -0.39 is 4.92 Å². The van der Waals surface area contributed by atoms with Gasteiger partial charge in [-0.2, -0.15) is 0 Å². The molecular formula is C15H19N3O3. The second-order valence-corrected chi connectivity index (χ2v) is 5.98. The molecule has 2 saturated heterocycles. The average Bonchev–Trinajstić information content (AvgIpc) is 2.94. The van der Waals surface area contributed by atoms with Crippen LogP contribution in [0.4, 0.5) is 5.69 Å². The molecule has 0 saturated carbocycles. The van der Waals surface area contributed by atoms with Crippen LogP contribution in [0.15, 0.2) is 18.2 Å². The van der Waals surface area contributed by atoms with E-state index in [1.54, 1.807) is 19.1 Å². The van der Waals surface area contributed by atoms with Crippen molar-refractivity contribution in [3.8, 4) is 0 Å². The molecule has 2 unspecified atom stereocenters. The molecule has 112 valence electrons. The van der Waals surface area contributed by atoms with Gasteiger partial charge in [0.2, 0.25) is 0 Å². The summed E-state index contributed by atoms with van der Waals surface area (Å²) in [4.78, 5) is 25.0. The van der Waals surface area contributed by atoms with Crippen LogP contribution in [0.3, 0.4) is 0 Å². The van der Waals surface area contributed by atoms with Crippen LogP contribution in [0.1, 0.15) is 22.3 Å². The first-order valence-corrected chi connectivity index (χ1v) is 7.31. The SMILES string of the molecule is Cc1ccc(C(=O)N2CCC3CNCC3C2)cc1[N+](=O)[O-]. The summed E-state index contributed by atoms with van der Waals surface area (Å²) >= 11 is 0. The lowest BCUT2D eigenvalue weighted by Crippen LogP contribution is -2.43. The fourth-order valence-corrected chi connectivity index (χ4v) is 3.34. The number of likely N-dealkylation sites (tertiary alicyclic amines) is 1. The maximum absolute atomic E-state index is 12.6. The molecule has 1 aromatic carbocycles. The van der Waals surface area contributed by atoms with Crippen molar-refractivity contribution < 1.29 is 9.72 Å². The predicted octanol–water partition coefficient (Wildman–Crippen LogP) is 1.58. The fraction of sp³-hybridized carbons (Fsp3) is 0.533. The molecule has 2 heterocycles. The van der Waals surface area contributed by atoms with Crippen molar-refractivity contribution in [3.63, 3.8) is 0 Å². The number of nitro benzene ring substituents is 1. The van der Waals surface area contributed by atoms with Crippen molar-refractivity contribution in [2.24, 2.45) is 11.8 Å². The third-order valence-electron chi connectivity index (χ3n) is 4.64. The van der Waals surface area contributed by atoms with E-state index in [2.05, 4.69) is 5.32 Å². The fourth-order valence-electron chi connectivity index (χ4n) is 3.34. The van der Waals surface area contributed by atoms with Gasteiger partial charge in [-0.15, -0.1) is 0 Å². The standard InChI is InChI=1S/C15H19N3O3/c1-10-2-3-11(6-14(10)18(20)21)15(19)17-5-4-12-7-16-8-13(12)9-17/h2-3,6,12-13,16H,4-5,7-9H2,1H3. The topological polar surface area (TPSA) is 75.5 Å². The zero-order valence-electron chi connectivity index (χ0n) is 12.0. The van der Waals surface area contributed by atoms with E-state index in [4.69, 9.17) is 0 Å². The zero-order chi connectivity index (χ0) is 15.0. The molecule has 1 amide bonds. The molecule has 0 bridgehead atoms. The molecule has 2 atom stereocenters. The van der Waals surface area contributed by atoms with Crippen LogP contribution in [-0.2, 0) is 0 Å². The highest BCUT2D eigenvalue weighted by Crippen LogP contribution is 2.28. The van der Waals surface area contributed by atoms with Crippen LogP contribution in [0, 0.1) is 28.9 Å². The van der Waals surface area contributed by atoms with Gasteiger partial charge in [-0.05, 0) is 44.3 Å². The van der Waals surface area contributed by atoms with Gasteiger partial charge in [0.1, 0.15) is 0 Å². The molecule has 0 spiro atoms. The number of hydrogen-bond donors (Lipinski definition) is 1. The predicted molar refractivity (Wildman–Crippen MR) is 78.2 cm³/mol. The first-order chi connectivity index (χ1) is 10.1. The Morgan fingerprint density at radius 2 is 2.14 bits per heavy atom. The summed E-state index contributed by atoms with van der Waals surface area (Å²) in [5, 5.41) is 14.4. The Hall–Kier alpha value is -1.95. The largest absolute Gasteiger partial charge is 0.338 e. The Balaban J connectivity index is 1.79. The highest BCUT2D eigenvalue weighted by Gasteiger charge is 2.34. The van der Waals surface area contributed by atoms with Crippen LogP contribution in [-0.4, -0.2) is 41.9 Å². The molecule has 0 radical (unpaired) electrons. The second-order valence-electron chi connectivity index (χ2n) is 5.98. The van der Waals surface area contributed by atoms with Crippen LogP contribution in [0.5, 0.6) is 0 Å². The molecule has 6 nitrogen and oxygen atoms in total. The molecule has 0 aromatic heterocycles. The van der Waals surface area contributed by atoms with E-state index in [0.717, 1.165) is 32.6 Å². The second kappa shape index (κ2) is 5.44. The summed E-state index contributed by atoms with van der Waals surface area (Å²) in [5.74, 6) is 1.09. The summed E-state index contributed by atoms with van der Waals surface area (Å²) in [5.41, 5.74) is 1.00. The molecule has 6 heteroatoms. The van der Waals surface area contributed by atoms with Gasteiger partial charge in [0.15, 0.2) is 0 Å². The lowest BCUT2D eigenvalue weighted by Gasteiger charge is -2.34. The first-order valence-electron chi connectivity index (χ1n) is 7.31. The number of aryl methyl sites for hydroxylation is 1. The van der Waals surface area contributed by atoms with Gasteiger partial charge in [0.25, 0.3) is 11.6 Å². The van der Waals surface area contributed by atoms with E-state index >= 15 is 0 Å². The van der Waals surface area contributed by atoms with Crippen molar-refractivity contribution in [1.29, 1.82) is 0 Å². The van der Waals surface area contributed by atoms with Crippen molar-refractivity contribution >= 4 is 11.6 Å². The van der Waals surface area contributed by atoms with Crippen LogP contribution < -0.4 is 5.32 Å². The van der Waals surface area contributed by atoms with Crippen molar-refractivity contribution in [2.75, 3.05) is 26.2 Å². The smallest absolute Gasteiger partial charge is 0.273 e. The van der Waals surface area contributed by atoms with Crippen molar-refractivity contribution in [2.45, 2.75) is 13.3 Å². The third-order valence-corrected chi connectivity index (χ3v) is 4.64. The summed E-state index contributed by atoms with van der Waals surface area (Å²) in [6.07, 6.45) is 1.01. The van der Waals surface area contributed by atoms with E-state index in [1.165, 1.54) is 6.07 Å². The molecule has 1 aromatic rings. The molecule has 21 heavy (non-hydrogen) atoms. The minimum absolute atomic E-state index is 0.0123. The number of fused-ring (bicyclic) bond motifs is 1. The highest BCUT2D eigenvalue weighted by atomic mass is 16.6. The Kier molecular flexibility index (Phi) is 3.63. The maximum atomic E-state index is 12.6. The van der Waals surface area contributed by atoms with Crippen molar-refractivity contribution in [1.82, 2.24) is 10.2 Å². The quantitative estimate of drug-likeness (QED) is 0.662. The summed E-state index contributed by atoms with van der Waals surface area (Å²) in [7, 11) is 0. The Bertz CT molecular complexity index is 588. The van der Waals surface area contributed by atoms with E-state index in [0.29, 0.717) is 23.0 Å². The average molecular weight is 289 g/mol. The molecule has 2 fully saturated rings. The lowest BCUT2D eigenvalue weighted by atomic mass is 9.88. The normalized spacial score (nSPS) is 24.7. The molecule has 1 N–H and O–H groups in total. The van der Waals surface area contributed by atoms with Gasteiger partial charge < -0.3 is 10.2 Å². The number of piperidine rings is 1. The summed E-state index contributed by atoms with van der Waals surface area (Å²) in [6, 6.07) is 4.73. The van der Waals surface area contributed by atoms with Gasteiger partial charge in [-0.3, -0.25) is 14.9 Å². The third kappa shape index (κ3) is 2.63. The molecule has 2 aliphatic rings. The van der Waals surface area contributed by atoms with E-state index in [-0.39, 0.29) is 11.6 Å². The van der Waals surface area contributed by atoms with E-state index in [9.17, 15) is 14.9 Å². The zero-order valence-corrected chi connectivity index (χ0v) is 12.0. The van der Waals surface area contributed by atoms with Gasteiger partial charge in [0.05, 0.1) is 4.92 Å². The molecular weight excluding hydrogens is 270 g/mol. The monoisotopic (exact) mass is 289 g/mol. The number of carbonyl (C=O) groups is 1. The highest BCUT2D eigenvalue weighted by molar-refractivity contribution is 5.95. The number of benzene rings is 1. The van der Waals surface area contributed by atoms with Gasteiger partial charge in [-0.1, -0.05) is 6.07 Å². The number of nitrogens with zero attached hydrogens (tertiary/aromatic N) is 2. The maximum Gasteiger partial charge on any atom is 0.273 e. The lowest BCUT2D eigenvalue weighted by molar-refractivity contribution is -0.385. The molecule has 3 rings (SSSR count). The minimum Gasteiger partial charge on any atom is -0.338 e. The van der Waals surface area contributed by atoms with Crippen LogP contribution >= 0.6 is 0 Å². The van der Waals surface area contributed by atoms with E-state index in [1.807, 2.05) is 4.90 Å². The number of nitro groups is 1. The summed E-state index contributed by atoms with van der Waals surface area (Å²) < 4.78 is 0. The number of carbonyl (C=O) groups excluding carboxylic acids is 1. The van der Waals surface area contributed by atoms with Gasteiger partial charge in [0, 0.05) is 30.3 Å². The Morgan fingerprint density at radius 1 is 1.38 bits per heavy atom. The Labute approximate surface area is 123 Å². The van der Waals surface area contributed by atoms with Gasteiger partial charge in [-0.25, -0.2) is 0 Å². The van der Waals surface area contributed by atoms with Crippen LogP contribution in [0.2, 0.25) is 0 Å². The number of hydrogen-bond acceptors (Lipinski definition) is 4. The summed E-state index contributed by atoms with van der Waals surface area (Å²) in [6.45, 7) is 5.18. The van der Waals surface area contributed by atoms with Gasteiger partial charge >= 0.3 is 0 Å². The minimum atomic E-state index is -0.431. The molecule has 2 aliphatic heterocycles. The number of nitrogens with one attached hydrogen (secondary N) is 1. The number of rotatable bonds is 2. The number of amides is 1.